The highest BCUT2D eigenvalue weighted by atomic mass is 16.2. The number of hydrogen-bond donors (Lipinski definition) is 1. The Balaban J connectivity index is 0.00000112. The molecule has 0 heterocycles. The van der Waals surface area contributed by atoms with E-state index in [-0.39, 0.29) is 5.92 Å². The van der Waals surface area contributed by atoms with Crippen LogP contribution in [0.25, 0.3) is 0 Å². The summed E-state index contributed by atoms with van der Waals surface area (Å²) in [6.07, 6.45) is 24.0. The van der Waals surface area contributed by atoms with E-state index in [2.05, 4.69) is 73.3 Å². The molecule has 0 aromatic heterocycles. The fourth-order valence-electron chi connectivity index (χ4n) is 2.12. The number of aliphatic imine (C=N–C) groups is 1. The van der Waals surface area contributed by atoms with Crippen molar-refractivity contribution in [1.82, 2.24) is 0 Å². The smallest absolute Gasteiger partial charge is 0.0505 e. The molecule has 0 bridgehead atoms. The van der Waals surface area contributed by atoms with Crippen molar-refractivity contribution in [1.29, 1.82) is 0 Å². The number of aliphatic hydroxyl groups is 1. The second-order valence-electron chi connectivity index (χ2n) is 4.61. The molecule has 1 N–H and O–H groups in total. The number of nitrogens with zero attached hydrogens (tertiary/aromatic N) is 1. The molecule has 23 heavy (non-hydrogen) atoms. The average molecular weight is 311 g/mol. The topological polar surface area (TPSA) is 32.6 Å². The summed E-state index contributed by atoms with van der Waals surface area (Å²) in [5, 5.41) is 7.00. The zero-order valence-electron chi connectivity index (χ0n) is 14.7. The fourth-order valence-corrected chi connectivity index (χ4v) is 2.12. The molecule has 0 fully saturated rings. The second kappa shape index (κ2) is 13.5. The molecule has 124 valence electrons. The third-order valence-corrected chi connectivity index (χ3v) is 3.25. The maximum Gasteiger partial charge on any atom is 0.0505 e. The zero-order chi connectivity index (χ0) is 17.5. The fraction of sp³-hybridized carbons (Fsp3) is 0.286. The minimum atomic E-state index is 0.200. The summed E-state index contributed by atoms with van der Waals surface area (Å²) in [6.45, 7) is 9.84. The highest BCUT2D eigenvalue weighted by Crippen LogP contribution is 2.22. The first-order valence-electron chi connectivity index (χ1n) is 7.99. The van der Waals surface area contributed by atoms with Crippen molar-refractivity contribution in [3.8, 4) is 0 Å². The monoisotopic (exact) mass is 311 g/mol. The second-order valence-corrected chi connectivity index (χ2v) is 4.61. The quantitative estimate of drug-likeness (QED) is 0.701. The van der Waals surface area contributed by atoms with Crippen LogP contribution in [-0.2, 0) is 0 Å². The number of allylic oxidation sites excluding steroid dienone is 12. The van der Waals surface area contributed by atoms with Gasteiger partial charge in [-0.25, -0.2) is 0 Å². The van der Waals surface area contributed by atoms with Gasteiger partial charge in [-0.1, -0.05) is 74.6 Å². The van der Waals surface area contributed by atoms with Crippen molar-refractivity contribution < 1.29 is 5.11 Å². The van der Waals surface area contributed by atoms with Gasteiger partial charge in [-0.05, 0) is 37.3 Å². The van der Waals surface area contributed by atoms with Crippen molar-refractivity contribution in [2.45, 2.75) is 27.2 Å². The maximum absolute atomic E-state index is 7.00. The van der Waals surface area contributed by atoms with Crippen molar-refractivity contribution in [3.05, 3.63) is 83.7 Å². The minimum absolute atomic E-state index is 0.200. The van der Waals surface area contributed by atoms with Crippen LogP contribution in [-0.4, -0.2) is 18.9 Å². The summed E-state index contributed by atoms with van der Waals surface area (Å²) in [5.41, 5.74) is 3.58. The molecule has 2 heteroatoms. The lowest BCUT2D eigenvalue weighted by Gasteiger charge is -2.10. The van der Waals surface area contributed by atoms with Gasteiger partial charge in [0.05, 0.1) is 5.70 Å². The van der Waals surface area contributed by atoms with Gasteiger partial charge in [-0.15, -0.1) is 0 Å². The van der Waals surface area contributed by atoms with Crippen molar-refractivity contribution in [2.75, 3.05) is 7.11 Å². The van der Waals surface area contributed by atoms with E-state index in [1.807, 2.05) is 26.0 Å². The molecule has 0 aliphatic heterocycles. The Hall–Kier alpha value is -2.19. The standard InChI is InChI=1S/C18H19N.C2H6.CH4O/c1-15(16-10-8-5-9-11-16)14-18(19-2)17-12-6-3-4-7-13-17;2*1-2/h3-10,12-14,17H,2,11H2,1H3;1-2H3;2H,1H3/b16-15-,18-14-;;. The summed E-state index contributed by atoms with van der Waals surface area (Å²) in [6, 6.07) is 0. The molecular formula is C21H29NO. The molecule has 0 radical (unpaired) electrons. The van der Waals surface area contributed by atoms with Gasteiger partial charge < -0.3 is 5.11 Å². The summed E-state index contributed by atoms with van der Waals surface area (Å²) in [5.74, 6) is 0.200. The Labute approximate surface area is 141 Å². The van der Waals surface area contributed by atoms with Gasteiger partial charge in [0.15, 0.2) is 0 Å². The molecule has 0 aromatic carbocycles. The van der Waals surface area contributed by atoms with E-state index in [1.165, 1.54) is 11.1 Å². The van der Waals surface area contributed by atoms with Crippen LogP contribution in [0.3, 0.4) is 0 Å². The Bertz CT molecular complexity index is 538. The van der Waals surface area contributed by atoms with Crippen molar-refractivity contribution in [3.63, 3.8) is 0 Å². The van der Waals surface area contributed by atoms with Crippen molar-refractivity contribution in [2.24, 2.45) is 10.9 Å². The van der Waals surface area contributed by atoms with Gasteiger partial charge in [0, 0.05) is 13.0 Å². The Kier molecular flexibility index (Phi) is 12.2. The lowest BCUT2D eigenvalue weighted by Crippen LogP contribution is -1.96. The van der Waals surface area contributed by atoms with Crippen LogP contribution in [0.2, 0.25) is 0 Å². The summed E-state index contributed by atoms with van der Waals surface area (Å²) < 4.78 is 0. The molecule has 0 atom stereocenters. The Morgan fingerprint density at radius 3 is 2.17 bits per heavy atom. The largest absolute Gasteiger partial charge is 0.400 e. The van der Waals surface area contributed by atoms with E-state index in [9.17, 15) is 0 Å². The lowest BCUT2D eigenvalue weighted by molar-refractivity contribution is 0.399. The first kappa shape index (κ1) is 20.8. The predicted molar refractivity (Wildman–Crippen MR) is 104 cm³/mol. The van der Waals surface area contributed by atoms with E-state index in [4.69, 9.17) is 5.11 Å². The Morgan fingerprint density at radius 2 is 1.70 bits per heavy atom. The zero-order valence-corrected chi connectivity index (χ0v) is 14.7. The first-order chi connectivity index (χ1) is 11.3. The van der Waals surface area contributed by atoms with Gasteiger partial charge in [0.1, 0.15) is 0 Å². The van der Waals surface area contributed by atoms with Crippen LogP contribution < -0.4 is 0 Å². The van der Waals surface area contributed by atoms with E-state index >= 15 is 0 Å². The minimum Gasteiger partial charge on any atom is -0.400 e. The molecule has 2 aliphatic carbocycles. The normalized spacial score (nSPS) is 18.4. The van der Waals surface area contributed by atoms with Crippen LogP contribution in [0, 0.1) is 5.92 Å². The molecule has 2 nitrogen and oxygen atoms in total. The SMILES string of the molecule is C=N/C(=C\C(C)=C1\C=CC=CC1)C1C=CC=CC=C1.CC.CO. The van der Waals surface area contributed by atoms with Crippen molar-refractivity contribution >= 4 is 6.72 Å². The van der Waals surface area contributed by atoms with E-state index in [1.54, 1.807) is 0 Å². The Morgan fingerprint density at radius 1 is 1.09 bits per heavy atom. The highest BCUT2D eigenvalue weighted by Gasteiger charge is 2.08. The molecule has 2 rings (SSSR count). The maximum atomic E-state index is 7.00. The first-order valence-corrected chi connectivity index (χ1v) is 7.99. The molecule has 0 spiro atoms. The molecule has 0 unspecified atom stereocenters. The van der Waals surface area contributed by atoms with Gasteiger partial charge in [-0.2, -0.15) is 0 Å². The van der Waals surface area contributed by atoms with E-state index in [0.29, 0.717) is 0 Å². The van der Waals surface area contributed by atoms with Crippen LogP contribution >= 0.6 is 0 Å². The lowest BCUT2D eigenvalue weighted by atomic mass is 9.98. The van der Waals surface area contributed by atoms with Gasteiger partial charge in [-0.3, -0.25) is 4.99 Å². The van der Waals surface area contributed by atoms with Crippen LogP contribution in [0.1, 0.15) is 27.2 Å². The summed E-state index contributed by atoms with van der Waals surface area (Å²) >= 11 is 0. The molecule has 0 saturated carbocycles. The van der Waals surface area contributed by atoms with E-state index < -0.39 is 0 Å². The van der Waals surface area contributed by atoms with E-state index in [0.717, 1.165) is 19.2 Å². The highest BCUT2D eigenvalue weighted by molar-refractivity contribution is 5.42. The molecule has 2 aliphatic rings. The summed E-state index contributed by atoms with van der Waals surface area (Å²) in [4.78, 5) is 4.19. The molecule has 0 aromatic rings. The van der Waals surface area contributed by atoms with Crippen LogP contribution in [0.15, 0.2) is 88.7 Å². The summed E-state index contributed by atoms with van der Waals surface area (Å²) in [7, 11) is 1.00. The van der Waals surface area contributed by atoms with Crippen LogP contribution in [0.5, 0.6) is 0 Å². The predicted octanol–water partition coefficient (Wildman–Crippen LogP) is 5.34. The number of hydrogen-bond acceptors (Lipinski definition) is 2. The number of rotatable bonds is 3. The van der Waals surface area contributed by atoms with Gasteiger partial charge in [0.2, 0.25) is 0 Å². The third kappa shape index (κ3) is 7.57. The molecule has 0 saturated heterocycles. The van der Waals surface area contributed by atoms with Crippen LogP contribution in [0.4, 0.5) is 0 Å². The van der Waals surface area contributed by atoms with Gasteiger partial charge in [0.25, 0.3) is 0 Å². The third-order valence-electron chi connectivity index (χ3n) is 3.25. The van der Waals surface area contributed by atoms with Gasteiger partial charge >= 0.3 is 0 Å². The average Bonchev–Trinajstić information content (AvgIpc) is 2.93. The number of aliphatic hydroxyl groups excluding tert-OH is 1. The molecular weight excluding hydrogens is 282 g/mol. The molecule has 0 amide bonds.